The summed E-state index contributed by atoms with van der Waals surface area (Å²) in [6.07, 6.45) is 7.00. The molecule has 2 aliphatic rings. The van der Waals surface area contributed by atoms with Crippen LogP contribution in [-0.4, -0.2) is 23.4 Å². The van der Waals surface area contributed by atoms with Crippen molar-refractivity contribution in [1.29, 1.82) is 0 Å². The molecule has 0 bridgehead atoms. The Bertz CT molecular complexity index is 194. The fourth-order valence-electron chi connectivity index (χ4n) is 2.61. The molecule has 2 heteroatoms. The number of hydrogen-bond acceptors (Lipinski definition) is 1. The first-order valence-corrected chi connectivity index (χ1v) is 5.57. The van der Waals surface area contributed by atoms with E-state index in [4.69, 9.17) is 0 Å². The van der Waals surface area contributed by atoms with Crippen molar-refractivity contribution in [3.05, 3.63) is 0 Å². The second-order valence-corrected chi connectivity index (χ2v) is 4.60. The first-order valence-electron chi connectivity index (χ1n) is 5.57. The topological polar surface area (TPSA) is 20.3 Å². The third-order valence-corrected chi connectivity index (χ3v) is 3.54. The highest BCUT2D eigenvalue weighted by atomic mass is 16.2. The number of amides is 1. The summed E-state index contributed by atoms with van der Waals surface area (Å²) >= 11 is 0. The summed E-state index contributed by atoms with van der Waals surface area (Å²) < 4.78 is 0. The standard InChI is InChI=1S/C11H19NO/c1-9-4-6-10(7-5-9)12-8-2-3-11(12)13/h9-10H,2-8H2,1H3. The lowest BCUT2D eigenvalue weighted by Crippen LogP contribution is -2.38. The van der Waals surface area contributed by atoms with Crippen molar-refractivity contribution in [3.8, 4) is 0 Å². The summed E-state index contributed by atoms with van der Waals surface area (Å²) in [7, 11) is 0. The van der Waals surface area contributed by atoms with Crippen LogP contribution in [-0.2, 0) is 4.79 Å². The molecule has 0 N–H and O–H groups in total. The first kappa shape index (κ1) is 9.04. The second kappa shape index (κ2) is 3.69. The van der Waals surface area contributed by atoms with Crippen LogP contribution in [0.25, 0.3) is 0 Å². The van der Waals surface area contributed by atoms with Gasteiger partial charge in [-0.25, -0.2) is 0 Å². The highest BCUT2D eigenvalue weighted by molar-refractivity contribution is 5.78. The normalized spacial score (nSPS) is 35.5. The summed E-state index contributed by atoms with van der Waals surface area (Å²) in [4.78, 5) is 13.6. The lowest BCUT2D eigenvalue weighted by molar-refractivity contribution is -0.130. The van der Waals surface area contributed by atoms with Crippen LogP contribution >= 0.6 is 0 Å². The van der Waals surface area contributed by atoms with Gasteiger partial charge in [-0.2, -0.15) is 0 Å². The van der Waals surface area contributed by atoms with Gasteiger partial charge in [-0.15, -0.1) is 0 Å². The molecule has 1 saturated heterocycles. The third kappa shape index (κ3) is 1.87. The molecular weight excluding hydrogens is 162 g/mol. The first-order chi connectivity index (χ1) is 6.27. The van der Waals surface area contributed by atoms with Gasteiger partial charge in [0, 0.05) is 19.0 Å². The largest absolute Gasteiger partial charge is 0.340 e. The summed E-state index contributed by atoms with van der Waals surface area (Å²) in [5, 5.41) is 0. The minimum absolute atomic E-state index is 0.402. The minimum atomic E-state index is 0.402. The Morgan fingerprint density at radius 1 is 1.23 bits per heavy atom. The molecule has 0 aromatic carbocycles. The molecule has 0 aromatic rings. The zero-order valence-electron chi connectivity index (χ0n) is 8.46. The van der Waals surface area contributed by atoms with Crippen molar-refractivity contribution in [2.24, 2.45) is 5.92 Å². The Kier molecular flexibility index (Phi) is 2.56. The van der Waals surface area contributed by atoms with E-state index in [1.54, 1.807) is 0 Å². The van der Waals surface area contributed by atoms with E-state index in [9.17, 15) is 4.79 Å². The van der Waals surface area contributed by atoms with Crippen molar-refractivity contribution in [2.45, 2.75) is 51.5 Å². The average molecular weight is 181 g/mol. The Labute approximate surface area is 80.3 Å². The molecular formula is C11H19NO. The summed E-state index contributed by atoms with van der Waals surface area (Å²) in [6.45, 7) is 3.35. The van der Waals surface area contributed by atoms with Crippen molar-refractivity contribution < 1.29 is 4.79 Å². The number of likely N-dealkylation sites (tertiary alicyclic amines) is 1. The average Bonchev–Trinajstić information content (AvgIpc) is 2.53. The van der Waals surface area contributed by atoms with E-state index in [0.717, 1.165) is 25.3 Å². The number of carbonyl (C=O) groups excluding carboxylic acids is 1. The quantitative estimate of drug-likeness (QED) is 0.607. The molecule has 2 fully saturated rings. The van der Waals surface area contributed by atoms with Gasteiger partial charge < -0.3 is 4.90 Å². The van der Waals surface area contributed by atoms with Gasteiger partial charge in [0.05, 0.1) is 0 Å². The molecule has 74 valence electrons. The third-order valence-electron chi connectivity index (χ3n) is 3.54. The molecule has 0 unspecified atom stereocenters. The van der Waals surface area contributed by atoms with Gasteiger partial charge in [0.25, 0.3) is 0 Å². The second-order valence-electron chi connectivity index (χ2n) is 4.60. The van der Waals surface area contributed by atoms with Crippen molar-refractivity contribution >= 4 is 5.91 Å². The van der Waals surface area contributed by atoms with Gasteiger partial charge in [-0.1, -0.05) is 6.92 Å². The number of hydrogen-bond donors (Lipinski definition) is 0. The zero-order chi connectivity index (χ0) is 9.26. The Balaban J connectivity index is 1.90. The highest BCUT2D eigenvalue weighted by Crippen LogP contribution is 2.29. The monoisotopic (exact) mass is 181 g/mol. The molecule has 1 saturated carbocycles. The molecule has 13 heavy (non-hydrogen) atoms. The van der Waals surface area contributed by atoms with E-state index in [2.05, 4.69) is 11.8 Å². The van der Waals surface area contributed by atoms with Gasteiger partial charge in [0.15, 0.2) is 0 Å². The Morgan fingerprint density at radius 3 is 2.46 bits per heavy atom. The molecule has 2 rings (SSSR count). The number of rotatable bonds is 1. The molecule has 1 aliphatic heterocycles. The van der Waals surface area contributed by atoms with Crippen LogP contribution in [0.1, 0.15) is 45.4 Å². The molecule has 2 nitrogen and oxygen atoms in total. The molecule has 1 heterocycles. The van der Waals surface area contributed by atoms with Gasteiger partial charge in [0.2, 0.25) is 5.91 Å². The van der Waals surface area contributed by atoms with Crippen molar-refractivity contribution in [3.63, 3.8) is 0 Å². The maximum absolute atomic E-state index is 11.5. The predicted octanol–water partition coefficient (Wildman–Crippen LogP) is 2.19. The Hall–Kier alpha value is -0.530. The number of carbonyl (C=O) groups is 1. The van der Waals surface area contributed by atoms with Crippen LogP contribution in [0.3, 0.4) is 0 Å². The maximum Gasteiger partial charge on any atom is 0.222 e. The van der Waals surface area contributed by atoms with E-state index in [1.807, 2.05) is 0 Å². The van der Waals surface area contributed by atoms with Gasteiger partial charge in [-0.3, -0.25) is 4.79 Å². The van der Waals surface area contributed by atoms with Crippen LogP contribution in [0.2, 0.25) is 0 Å². The lowest BCUT2D eigenvalue weighted by Gasteiger charge is -2.33. The number of nitrogens with zero attached hydrogens (tertiary/aromatic N) is 1. The summed E-state index contributed by atoms with van der Waals surface area (Å²) in [6, 6.07) is 0.589. The molecule has 0 spiro atoms. The van der Waals surface area contributed by atoms with Gasteiger partial charge >= 0.3 is 0 Å². The van der Waals surface area contributed by atoms with Crippen LogP contribution in [0.4, 0.5) is 0 Å². The van der Waals surface area contributed by atoms with E-state index < -0.39 is 0 Å². The smallest absolute Gasteiger partial charge is 0.222 e. The molecule has 0 radical (unpaired) electrons. The molecule has 0 atom stereocenters. The minimum Gasteiger partial charge on any atom is -0.340 e. The van der Waals surface area contributed by atoms with Crippen LogP contribution in [0.5, 0.6) is 0 Å². The van der Waals surface area contributed by atoms with E-state index in [1.165, 1.54) is 25.7 Å². The molecule has 1 amide bonds. The van der Waals surface area contributed by atoms with Crippen LogP contribution in [0.15, 0.2) is 0 Å². The molecule has 0 aromatic heterocycles. The fraction of sp³-hybridized carbons (Fsp3) is 0.909. The zero-order valence-corrected chi connectivity index (χ0v) is 8.46. The summed E-state index contributed by atoms with van der Waals surface area (Å²) in [5.41, 5.74) is 0. The highest BCUT2D eigenvalue weighted by Gasteiger charge is 2.29. The summed E-state index contributed by atoms with van der Waals surface area (Å²) in [5.74, 6) is 1.29. The molecule has 1 aliphatic carbocycles. The Morgan fingerprint density at radius 2 is 1.92 bits per heavy atom. The predicted molar refractivity (Wildman–Crippen MR) is 52.4 cm³/mol. The maximum atomic E-state index is 11.5. The lowest BCUT2D eigenvalue weighted by atomic mass is 9.87. The van der Waals surface area contributed by atoms with Crippen molar-refractivity contribution in [2.75, 3.05) is 6.54 Å². The van der Waals surface area contributed by atoms with E-state index in [0.29, 0.717) is 11.9 Å². The van der Waals surface area contributed by atoms with Crippen LogP contribution in [0, 0.1) is 5.92 Å². The SMILES string of the molecule is CC1CCC(N2CCCC2=O)CC1. The van der Waals surface area contributed by atoms with Gasteiger partial charge in [0.1, 0.15) is 0 Å². The van der Waals surface area contributed by atoms with Crippen molar-refractivity contribution in [1.82, 2.24) is 4.90 Å². The van der Waals surface area contributed by atoms with E-state index >= 15 is 0 Å². The fourth-order valence-corrected chi connectivity index (χ4v) is 2.61. The van der Waals surface area contributed by atoms with E-state index in [-0.39, 0.29) is 0 Å². The van der Waals surface area contributed by atoms with Crippen LogP contribution < -0.4 is 0 Å². The van der Waals surface area contributed by atoms with Gasteiger partial charge in [-0.05, 0) is 38.0 Å².